The number of likely N-dealkylation sites (tertiary alicyclic amines) is 1. The van der Waals surface area contributed by atoms with E-state index >= 15 is 0 Å². The number of piperidine rings is 2. The van der Waals surface area contributed by atoms with Crippen LogP contribution in [0.5, 0.6) is 5.75 Å². The van der Waals surface area contributed by atoms with E-state index in [4.69, 9.17) is 4.74 Å². The van der Waals surface area contributed by atoms with Crippen molar-refractivity contribution >= 4 is 15.9 Å². The molecule has 7 heteroatoms. The van der Waals surface area contributed by atoms with Crippen LogP contribution in [0, 0.1) is 11.8 Å². The minimum Gasteiger partial charge on any atom is -0.495 e. The predicted octanol–water partition coefficient (Wildman–Crippen LogP) is 3.15. The quantitative estimate of drug-likeness (QED) is 0.721. The lowest BCUT2D eigenvalue weighted by molar-refractivity contribution is 0.0743. The Morgan fingerprint density at radius 2 is 1.75 bits per heavy atom. The van der Waals surface area contributed by atoms with Crippen LogP contribution in [0.4, 0.5) is 0 Å². The van der Waals surface area contributed by atoms with Crippen LogP contribution in [-0.2, 0) is 10.0 Å². The molecule has 2 saturated heterocycles. The van der Waals surface area contributed by atoms with Crippen molar-refractivity contribution in [1.29, 1.82) is 0 Å². The second kappa shape index (κ2) is 8.25. The number of sulfonamides is 1. The van der Waals surface area contributed by atoms with E-state index in [2.05, 4.69) is 20.4 Å². The minimum atomic E-state index is -3.74. The average Bonchev–Trinajstić information content (AvgIpc) is 2.66. The first-order valence-electron chi connectivity index (χ1n) is 9.86. The number of amides is 1. The molecule has 1 aromatic carbocycles. The Morgan fingerprint density at radius 1 is 1.14 bits per heavy atom. The molecule has 3 rings (SSSR count). The molecule has 0 aromatic heterocycles. The molecule has 0 N–H and O–H groups in total. The van der Waals surface area contributed by atoms with Gasteiger partial charge in [-0.15, -0.1) is 0 Å². The molecule has 2 aliphatic rings. The molecule has 6 nitrogen and oxygen atoms in total. The van der Waals surface area contributed by atoms with E-state index in [1.807, 2.05) is 0 Å². The number of hydrogen-bond donors (Lipinski definition) is 0. The molecule has 2 aliphatic heterocycles. The molecule has 1 aromatic rings. The van der Waals surface area contributed by atoms with E-state index in [1.54, 1.807) is 17.0 Å². The van der Waals surface area contributed by atoms with Crippen LogP contribution in [0.25, 0.3) is 0 Å². The Balaban J connectivity index is 1.92. The molecular formula is C21H30N2O4S. The van der Waals surface area contributed by atoms with Crippen molar-refractivity contribution in [3.8, 4) is 5.75 Å². The summed E-state index contributed by atoms with van der Waals surface area (Å²) in [6.45, 7) is 10.3. The Morgan fingerprint density at radius 3 is 2.32 bits per heavy atom. The summed E-state index contributed by atoms with van der Waals surface area (Å²) in [4.78, 5) is 14.7. The van der Waals surface area contributed by atoms with Crippen molar-refractivity contribution in [3.05, 3.63) is 35.9 Å². The maximum atomic E-state index is 13.4. The summed E-state index contributed by atoms with van der Waals surface area (Å²) in [6.07, 6.45) is 2.59. The van der Waals surface area contributed by atoms with Crippen LogP contribution in [0.1, 0.15) is 43.5 Å². The molecule has 0 spiro atoms. The van der Waals surface area contributed by atoms with Gasteiger partial charge in [0.15, 0.2) is 0 Å². The van der Waals surface area contributed by atoms with E-state index in [9.17, 15) is 13.2 Å². The van der Waals surface area contributed by atoms with Gasteiger partial charge < -0.3 is 9.64 Å². The molecule has 28 heavy (non-hydrogen) atoms. The third kappa shape index (κ3) is 4.25. The first-order chi connectivity index (χ1) is 13.2. The van der Waals surface area contributed by atoms with E-state index in [1.165, 1.54) is 17.5 Å². The molecule has 0 radical (unpaired) electrons. The number of methoxy groups -OCH3 is 1. The molecule has 2 unspecified atom stereocenters. The monoisotopic (exact) mass is 406 g/mol. The van der Waals surface area contributed by atoms with Crippen LogP contribution >= 0.6 is 0 Å². The minimum absolute atomic E-state index is 0.0727. The number of nitrogens with zero attached hydrogens (tertiary/aromatic N) is 2. The standard InChI is InChI=1S/C21H30N2O4S/c1-15-7-9-22(10-8-15)21(24)18-5-6-19(27-4)20(12-18)28(25,26)23-13-16(2)11-17(3)14-23/h5-6,12,16-17H,1,7-11,13-14H2,2-4H3. The van der Waals surface area contributed by atoms with Crippen molar-refractivity contribution in [3.63, 3.8) is 0 Å². The number of benzene rings is 1. The largest absolute Gasteiger partial charge is 0.495 e. The molecular weight excluding hydrogens is 376 g/mol. The first kappa shape index (κ1) is 20.9. The molecule has 2 fully saturated rings. The van der Waals surface area contributed by atoms with Crippen LogP contribution in [0.3, 0.4) is 0 Å². The number of hydrogen-bond acceptors (Lipinski definition) is 4. The molecule has 154 valence electrons. The van der Waals surface area contributed by atoms with Gasteiger partial charge in [0.25, 0.3) is 5.91 Å². The zero-order valence-electron chi connectivity index (χ0n) is 17.0. The maximum absolute atomic E-state index is 13.4. The highest BCUT2D eigenvalue weighted by atomic mass is 32.2. The number of carbonyl (C=O) groups is 1. The Hall–Kier alpha value is -1.86. The summed E-state index contributed by atoms with van der Waals surface area (Å²) in [6, 6.07) is 4.70. The van der Waals surface area contributed by atoms with Gasteiger partial charge in [-0.3, -0.25) is 4.79 Å². The molecule has 0 aliphatic carbocycles. The highest BCUT2D eigenvalue weighted by Gasteiger charge is 2.34. The third-order valence-corrected chi connectivity index (χ3v) is 7.47. The van der Waals surface area contributed by atoms with E-state index < -0.39 is 10.0 Å². The van der Waals surface area contributed by atoms with Crippen LogP contribution in [-0.4, -0.2) is 56.8 Å². The normalized spacial score (nSPS) is 24.2. The summed E-state index contributed by atoms with van der Waals surface area (Å²) in [5.41, 5.74) is 1.53. The molecule has 0 bridgehead atoms. The fourth-order valence-corrected chi connectivity index (χ4v) is 6.02. The Labute approximate surface area is 168 Å². The lowest BCUT2D eigenvalue weighted by atomic mass is 9.94. The zero-order chi connectivity index (χ0) is 20.5. The molecule has 1 amide bonds. The van der Waals surface area contributed by atoms with Crippen molar-refractivity contribution in [2.24, 2.45) is 11.8 Å². The van der Waals surface area contributed by atoms with Crippen molar-refractivity contribution in [2.75, 3.05) is 33.3 Å². The van der Waals surface area contributed by atoms with Crippen molar-refractivity contribution < 1.29 is 17.9 Å². The maximum Gasteiger partial charge on any atom is 0.253 e. The van der Waals surface area contributed by atoms with Gasteiger partial charge in [0.2, 0.25) is 10.0 Å². The summed E-state index contributed by atoms with van der Waals surface area (Å²) >= 11 is 0. The predicted molar refractivity (Wildman–Crippen MR) is 109 cm³/mol. The highest BCUT2D eigenvalue weighted by molar-refractivity contribution is 7.89. The van der Waals surface area contributed by atoms with Crippen molar-refractivity contribution in [1.82, 2.24) is 9.21 Å². The SMILES string of the molecule is C=C1CCN(C(=O)c2ccc(OC)c(S(=O)(=O)N3CC(C)CC(C)C3)c2)CC1. The van der Waals surface area contributed by atoms with Gasteiger partial charge in [-0.1, -0.05) is 26.0 Å². The average molecular weight is 407 g/mol. The molecule has 0 saturated carbocycles. The van der Waals surface area contributed by atoms with Gasteiger partial charge in [0.05, 0.1) is 7.11 Å². The Bertz CT molecular complexity index is 845. The number of rotatable bonds is 4. The molecule has 2 atom stereocenters. The van der Waals surface area contributed by atoms with E-state index in [-0.39, 0.29) is 16.6 Å². The summed E-state index contributed by atoms with van der Waals surface area (Å²) in [5.74, 6) is 0.730. The van der Waals surface area contributed by atoms with Gasteiger partial charge in [-0.25, -0.2) is 8.42 Å². The van der Waals surface area contributed by atoms with Crippen LogP contribution < -0.4 is 4.74 Å². The first-order valence-corrected chi connectivity index (χ1v) is 11.3. The van der Waals surface area contributed by atoms with Crippen LogP contribution in [0.2, 0.25) is 0 Å². The van der Waals surface area contributed by atoms with Gasteiger partial charge in [0, 0.05) is 31.7 Å². The highest BCUT2D eigenvalue weighted by Crippen LogP contribution is 2.32. The lowest BCUT2D eigenvalue weighted by Gasteiger charge is -2.34. The lowest BCUT2D eigenvalue weighted by Crippen LogP contribution is -2.42. The zero-order valence-corrected chi connectivity index (χ0v) is 17.8. The molecule has 2 heterocycles. The fraction of sp³-hybridized carbons (Fsp3) is 0.571. The second-order valence-electron chi connectivity index (χ2n) is 8.18. The van der Waals surface area contributed by atoms with Gasteiger partial charge in [0.1, 0.15) is 10.6 Å². The van der Waals surface area contributed by atoms with E-state index in [0.29, 0.717) is 43.6 Å². The number of ether oxygens (including phenoxy) is 1. The van der Waals surface area contributed by atoms with E-state index in [0.717, 1.165) is 24.8 Å². The summed E-state index contributed by atoms with van der Waals surface area (Å²) in [7, 11) is -2.29. The summed E-state index contributed by atoms with van der Waals surface area (Å²) in [5, 5.41) is 0. The number of carbonyl (C=O) groups excluding carboxylic acids is 1. The smallest absolute Gasteiger partial charge is 0.253 e. The van der Waals surface area contributed by atoms with Gasteiger partial charge >= 0.3 is 0 Å². The topological polar surface area (TPSA) is 66.9 Å². The van der Waals surface area contributed by atoms with Crippen molar-refractivity contribution in [2.45, 2.75) is 38.0 Å². The third-order valence-electron chi connectivity index (χ3n) is 5.62. The van der Waals surface area contributed by atoms with Gasteiger partial charge in [-0.05, 0) is 49.3 Å². The van der Waals surface area contributed by atoms with Crippen LogP contribution in [0.15, 0.2) is 35.2 Å². The fourth-order valence-electron chi connectivity index (χ4n) is 4.16. The Kier molecular flexibility index (Phi) is 6.15. The second-order valence-corrected chi connectivity index (χ2v) is 10.1. The van der Waals surface area contributed by atoms with Gasteiger partial charge in [-0.2, -0.15) is 4.31 Å². The summed E-state index contributed by atoms with van der Waals surface area (Å²) < 4.78 is 33.6.